The molecule has 1 amide bonds. The van der Waals surface area contributed by atoms with Gasteiger partial charge in [0.1, 0.15) is 5.82 Å². The summed E-state index contributed by atoms with van der Waals surface area (Å²) < 4.78 is 2.09. The second-order valence-electron chi connectivity index (χ2n) is 5.01. The van der Waals surface area contributed by atoms with Crippen molar-refractivity contribution in [1.29, 1.82) is 0 Å². The Kier molecular flexibility index (Phi) is 3.45. The maximum absolute atomic E-state index is 12.1. The molecule has 2 aromatic rings. The number of aryl methyl sites for hydroxylation is 1. The average molecular weight is 271 g/mol. The summed E-state index contributed by atoms with van der Waals surface area (Å²) in [5.41, 5.74) is 0.913. The third-order valence-corrected chi connectivity index (χ3v) is 3.68. The normalized spacial score (nSPS) is 14.8. The van der Waals surface area contributed by atoms with Gasteiger partial charge in [-0.1, -0.05) is 6.07 Å². The molecular weight excluding hydrogens is 254 g/mol. The number of fused-ring (bicyclic) bond motifs is 1. The van der Waals surface area contributed by atoms with Gasteiger partial charge in [-0.2, -0.15) is 0 Å². The predicted octanol–water partition coefficient (Wildman–Crippen LogP) is 1.04. The molecule has 104 valence electrons. The van der Waals surface area contributed by atoms with E-state index < -0.39 is 0 Å². The van der Waals surface area contributed by atoms with Gasteiger partial charge in [0.25, 0.3) is 0 Å². The summed E-state index contributed by atoms with van der Waals surface area (Å²) in [6.07, 6.45) is 5.51. The fourth-order valence-electron chi connectivity index (χ4n) is 2.44. The van der Waals surface area contributed by atoms with E-state index in [0.29, 0.717) is 6.54 Å². The van der Waals surface area contributed by atoms with Crippen LogP contribution in [0.15, 0.2) is 24.5 Å². The molecule has 1 aliphatic rings. The van der Waals surface area contributed by atoms with E-state index in [2.05, 4.69) is 25.1 Å². The second kappa shape index (κ2) is 5.40. The Hall–Kier alpha value is -2.24. The maximum Gasteiger partial charge on any atom is 0.227 e. The molecule has 1 N–H and O–H groups in total. The fraction of sp³-hybridized carbons (Fsp3) is 0.429. The first kappa shape index (κ1) is 12.8. The largest absolute Gasteiger partial charge is 0.348 e. The Morgan fingerprint density at radius 3 is 3.20 bits per heavy atom. The molecule has 1 aliphatic heterocycles. The van der Waals surface area contributed by atoms with Gasteiger partial charge in [0, 0.05) is 25.4 Å². The molecule has 6 heteroatoms. The topological polar surface area (TPSA) is 72.7 Å². The molecule has 0 saturated heterocycles. The Balaban J connectivity index is 1.62. The highest BCUT2D eigenvalue weighted by molar-refractivity contribution is 5.82. The third-order valence-electron chi connectivity index (χ3n) is 3.68. The number of hydrogen-bond donors (Lipinski definition) is 1. The molecule has 3 rings (SSSR count). The molecule has 0 radical (unpaired) electrons. The summed E-state index contributed by atoms with van der Waals surface area (Å²) in [7, 11) is 0. The molecule has 1 unspecified atom stereocenters. The Morgan fingerprint density at radius 2 is 2.40 bits per heavy atom. The van der Waals surface area contributed by atoms with E-state index in [-0.39, 0.29) is 11.8 Å². The second-order valence-corrected chi connectivity index (χ2v) is 5.01. The van der Waals surface area contributed by atoms with E-state index in [1.54, 1.807) is 12.4 Å². The van der Waals surface area contributed by atoms with Gasteiger partial charge in [-0.25, -0.2) is 0 Å². The molecule has 0 aromatic carbocycles. The lowest BCUT2D eigenvalue weighted by atomic mass is 10.0. The van der Waals surface area contributed by atoms with Crippen molar-refractivity contribution in [3.63, 3.8) is 0 Å². The van der Waals surface area contributed by atoms with Crippen LogP contribution in [0.4, 0.5) is 0 Å². The summed E-state index contributed by atoms with van der Waals surface area (Å²) in [6.45, 7) is 3.25. The zero-order valence-corrected chi connectivity index (χ0v) is 11.4. The van der Waals surface area contributed by atoms with Gasteiger partial charge in [0.05, 0.1) is 12.5 Å². The summed E-state index contributed by atoms with van der Waals surface area (Å²) in [6, 6.07) is 3.75. The zero-order valence-electron chi connectivity index (χ0n) is 11.4. The Morgan fingerprint density at radius 1 is 1.50 bits per heavy atom. The van der Waals surface area contributed by atoms with E-state index in [1.165, 1.54) is 0 Å². The minimum absolute atomic E-state index is 0.0200. The highest BCUT2D eigenvalue weighted by Gasteiger charge is 2.19. The molecule has 3 heterocycles. The van der Waals surface area contributed by atoms with Crippen LogP contribution < -0.4 is 5.32 Å². The molecule has 1 atom stereocenters. The van der Waals surface area contributed by atoms with E-state index in [0.717, 1.165) is 36.6 Å². The Bertz CT molecular complexity index is 607. The van der Waals surface area contributed by atoms with Crippen LogP contribution in [-0.4, -0.2) is 25.7 Å². The van der Waals surface area contributed by atoms with Gasteiger partial charge in [0.15, 0.2) is 5.82 Å². The van der Waals surface area contributed by atoms with Crippen molar-refractivity contribution in [3.8, 4) is 0 Å². The highest BCUT2D eigenvalue weighted by Crippen LogP contribution is 2.15. The SMILES string of the molecule is CC(C(=O)NCc1nnc2n1CCC2)c1cccnc1. The van der Waals surface area contributed by atoms with Crippen molar-refractivity contribution in [2.45, 2.75) is 38.8 Å². The number of carbonyl (C=O) groups is 1. The molecule has 0 saturated carbocycles. The van der Waals surface area contributed by atoms with Crippen molar-refractivity contribution in [2.24, 2.45) is 0 Å². The van der Waals surface area contributed by atoms with E-state index >= 15 is 0 Å². The predicted molar refractivity (Wildman–Crippen MR) is 72.8 cm³/mol. The first-order chi connectivity index (χ1) is 9.75. The van der Waals surface area contributed by atoms with Crippen LogP contribution in [0.25, 0.3) is 0 Å². The number of nitrogens with zero attached hydrogens (tertiary/aromatic N) is 4. The Labute approximate surface area is 117 Å². The fourth-order valence-corrected chi connectivity index (χ4v) is 2.44. The van der Waals surface area contributed by atoms with Crippen molar-refractivity contribution in [3.05, 3.63) is 41.7 Å². The maximum atomic E-state index is 12.1. The summed E-state index contributed by atoms with van der Waals surface area (Å²) in [5.74, 6) is 1.62. The highest BCUT2D eigenvalue weighted by atomic mass is 16.1. The first-order valence-electron chi connectivity index (χ1n) is 6.84. The molecule has 2 aromatic heterocycles. The van der Waals surface area contributed by atoms with Gasteiger partial charge in [-0.05, 0) is 25.0 Å². The molecule has 0 fully saturated rings. The van der Waals surface area contributed by atoms with Crippen molar-refractivity contribution < 1.29 is 4.79 Å². The van der Waals surface area contributed by atoms with Crippen molar-refractivity contribution in [1.82, 2.24) is 25.1 Å². The van der Waals surface area contributed by atoms with Crippen LogP contribution in [0.1, 0.15) is 36.5 Å². The van der Waals surface area contributed by atoms with E-state index in [4.69, 9.17) is 0 Å². The van der Waals surface area contributed by atoms with E-state index in [9.17, 15) is 4.79 Å². The first-order valence-corrected chi connectivity index (χ1v) is 6.84. The van der Waals surface area contributed by atoms with Crippen LogP contribution in [-0.2, 0) is 24.3 Å². The molecule has 20 heavy (non-hydrogen) atoms. The number of amides is 1. The van der Waals surface area contributed by atoms with Crippen molar-refractivity contribution >= 4 is 5.91 Å². The quantitative estimate of drug-likeness (QED) is 0.901. The minimum Gasteiger partial charge on any atom is -0.348 e. The van der Waals surface area contributed by atoms with Gasteiger partial charge < -0.3 is 9.88 Å². The van der Waals surface area contributed by atoms with Crippen LogP contribution >= 0.6 is 0 Å². The average Bonchev–Trinajstić information content (AvgIpc) is 3.08. The zero-order chi connectivity index (χ0) is 13.9. The van der Waals surface area contributed by atoms with Crippen LogP contribution in [0.2, 0.25) is 0 Å². The number of nitrogens with one attached hydrogen (secondary N) is 1. The molecule has 6 nitrogen and oxygen atoms in total. The summed E-state index contributed by atoms with van der Waals surface area (Å²) in [4.78, 5) is 16.2. The van der Waals surface area contributed by atoms with Gasteiger partial charge in [-0.3, -0.25) is 9.78 Å². The van der Waals surface area contributed by atoms with Crippen LogP contribution in [0, 0.1) is 0 Å². The monoisotopic (exact) mass is 271 g/mol. The van der Waals surface area contributed by atoms with Crippen LogP contribution in [0.5, 0.6) is 0 Å². The van der Waals surface area contributed by atoms with E-state index in [1.807, 2.05) is 19.1 Å². The molecular formula is C14H17N5O. The summed E-state index contributed by atoms with van der Waals surface area (Å²) >= 11 is 0. The lowest BCUT2D eigenvalue weighted by Gasteiger charge is -2.12. The number of rotatable bonds is 4. The molecule has 0 bridgehead atoms. The lowest BCUT2D eigenvalue weighted by molar-refractivity contribution is -0.122. The number of pyridine rings is 1. The number of hydrogen-bond acceptors (Lipinski definition) is 4. The molecule has 0 aliphatic carbocycles. The number of aromatic nitrogens is 4. The minimum atomic E-state index is -0.218. The van der Waals surface area contributed by atoms with Gasteiger partial charge in [0.2, 0.25) is 5.91 Å². The smallest absolute Gasteiger partial charge is 0.227 e. The van der Waals surface area contributed by atoms with Gasteiger partial charge >= 0.3 is 0 Å². The number of carbonyl (C=O) groups excluding carboxylic acids is 1. The summed E-state index contributed by atoms with van der Waals surface area (Å²) in [5, 5.41) is 11.2. The molecule has 0 spiro atoms. The third kappa shape index (κ3) is 2.41. The van der Waals surface area contributed by atoms with Gasteiger partial charge in [-0.15, -0.1) is 10.2 Å². The standard InChI is InChI=1S/C14H17N5O/c1-10(11-4-2-6-15-8-11)14(20)16-9-13-18-17-12-5-3-7-19(12)13/h2,4,6,8,10H,3,5,7,9H2,1H3,(H,16,20). The van der Waals surface area contributed by atoms with Crippen molar-refractivity contribution in [2.75, 3.05) is 0 Å². The van der Waals surface area contributed by atoms with Crippen LogP contribution in [0.3, 0.4) is 0 Å². The lowest BCUT2D eigenvalue weighted by Crippen LogP contribution is -2.28.